The molecule has 0 bridgehead atoms. The summed E-state index contributed by atoms with van der Waals surface area (Å²) in [7, 11) is 0. The number of nitrogens with one attached hydrogen (secondary N) is 2. The molecule has 4 rings (SSSR count). The van der Waals surface area contributed by atoms with Crippen LogP contribution in [0.5, 0.6) is 0 Å². The molecular weight excluding hydrogens is 502 g/mol. The van der Waals surface area contributed by atoms with Gasteiger partial charge in [-0.25, -0.2) is 13.8 Å². The summed E-state index contributed by atoms with van der Waals surface area (Å²) in [6, 6.07) is 4.70. The highest BCUT2D eigenvalue weighted by Gasteiger charge is 2.54. The Morgan fingerprint density at radius 1 is 1.24 bits per heavy atom. The highest BCUT2D eigenvalue weighted by molar-refractivity contribution is 7.13. The smallest absolute Gasteiger partial charge is 0.258 e. The van der Waals surface area contributed by atoms with Crippen molar-refractivity contribution in [1.29, 1.82) is 0 Å². The third-order valence-electron chi connectivity index (χ3n) is 6.85. The molecule has 3 N–H and O–H groups in total. The molecule has 0 spiro atoms. The molecule has 37 heavy (non-hydrogen) atoms. The van der Waals surface area contributed by atoms with Gasteiger partial charge in [-0.2, -0.15) is 0 Å². The van der Waals surface area contributed by atoms with E-state index >= 15 is 0 Å². The first-order valence-electron chi connectivity index (χ1n) is 12.2. The molecule has 11 heteroatoms. The Labute approximate surface area is 218 Å². The summed E-state index contributed by atoms with van der Waals surface area (Å²) in [6.45, 7) is 6.64. The second kappa shape index (κ2) is 10.1. The van der Waals surface area contributed by atoms with Crippen LogP contribution in [0.4, 0.5) is 8.78 Å². The third kappa shape index (κ3) is 5.67. The molecule has 0 radical (unpaired) electrons. The molecule has 1 saturated heterocycles. The maximum Gasteiger partial charge on any atom is 0.258 e. The minimum atomic E-state index is -2.01. The van der Waals surface area contributed by atoms with Gasteiger partial charge in [-0.3, -0.25) is 14.4 Å². The second-order valence-electron chi connectivity index (χ2n) is 10.9. The van der Waals surface area contributed by atoms with Crippen LogP contribution in [-0.4, -0.2) is 69.3 Å². The Balaban J connectivity index is 1.46. The number of hydrogen-bond acceptors (Lipinski definition) is 6. The van der Waals surface area contributed by atoms with Gasteiger partial charge in [0.05, 0.1) is 22.6 Å². The molecule has 1 aliphatic heterocycles. The van der Waals surface area contributed by atoms with Gasteiger partial charge in [0.1, 0.15) is 18.2 Å². The Kier molecular flexibility index (Phi) is 7.40. The standard InChI is InChI=1S/C26H32F2N4O4S/c1-14-20(37-13-30-14)16-7-5-15(6-8-16)11-29-22(34)19-18(27)17(33)12-32(19)23(35)21(25(2,3)4)31-24(36)26(28)9-10-26/h5-8,13,17-19,21,33H,9-12H2,1-4H3,(H,29,34)(H,31,36)/t17-,18+,19-,21+/m0/s1. The first kappa shape index (κ1) is 27.1. The third-order valence-corrected chi connectivity index (χ3v) is 7.83. The molecule has 0 unspecified atom stereocenters. The summed E-state index contributed by atoms with van der Waals surface area (Å²) < 4.78 is 29.3. The molecule has 2 aromatic rings. The number of rotatable bonds is 7. The number of aliphatic hydroxyl groups excluding tert-OH is 1. The summed E-state index contributed by atoms with van der Waals surface area (Å²) in [5, 5.41) is 15.3. The summed E-state index contributed by atoms with van der Waals surface area (Å²) >= 11 is 1.53. The van der Waals surface area contributed by atoms with Crippen molar-refractivity contribution in [3.8, 4) is 10.4 Å². The first-order chi connectivity index (χ1) is 17.3. The molecule has 1 saturated carbocycles. The van der Waals surface area contributed by atoms with E-state index in [1.807, 2.05) is 31.2 Å². The van der Waals surface area contributed by atoms with Crippen LogP contribution in [0.2, 0.25) is 0 Å². The van der Waals surface area contributed by atoms with E-state index < -0.39 is 59.7 Å². The predicted molar refractivity (Wildman–Crippen MR) is 135 cm³/mol. The molecule has 3 amide bonds. The van der Waals surface area contributed by atoms with Crippen LogP contribution in [0.25, 0.3) is 10.4 Å². The van der Waals surface area contributed by atoms with Crippen molar-refractivity contribution in [1.82, 2.24) is 20.5 Å². The molecule has 2 heterocycles. The molecule has 200 valence electrons. The highest BCUT2D eigenvalue weighted by Crippen LogP contribution is 2.40. The maximum atomic E-state index is 15.0. The van der Waals surface area contributed by atoms with Crippen LogP contribution >= 0.6 is 11.3 Å². The number of hydrogen-bond donors (Lipinski definition) is 3. The lowest BCUT2D eigenvalue weighted by atomic mass is 9.85. The van der Waals surface area contributed by atoms with Crippen LogP contribution in [-0.2, 0) is 20.9 Å². The Morgan fingerprint density at radius 2 is 1.89 bits per heavy atom. The number of β-amino-alcohol motifs (C(OH)–C–C–N with tert-alkyl or cyclic N) is 1. The topological polar surface area (TPSA) is 112 Å². The number of thiazole rings is 1. The number of aryl methyl sites for hydroxylation is 1. The average molecular weight is 535 g/mol. The van der Waals surface area contributed by atoms with Crippen molar-refractivity contribution in [2.75, 3.05) is 6.54 Å². The van der Waals surface area contributed by atoms with Crippen LogP contribution in [0, 0.1) is 12.3 Å². The van der Waals surface area contributed by atoms with Gasteiger partial charge in [0.25, 0.3) is 5.91 Å². The highest BCUT2D eigenvalue weighted by atomic mass is 32.1. The number of benzene rings is 1. The average Bonchev–Trinajstić information content (AvgIpc) is 3.34. The molecule has 1 aliphatic carbocycles. The lowest BCUT2D eigenvalue weighted by molar-refractivity contribution is -0.145. The van der Waals surface area contributed by atoms with Crippen molar-refractivity contribution in [2.45, 2.75) is 77.1 Å². The molecule has 2 fully saturated rings. The lowest BCUT2D eigenvalue weighted by Gasteiger charge is -2.35. The number of halogens is 2. The zero-order chi connectivity index (χ0) is 27.1. The van der Waals surface area contributed by atoms with Gasteiger partial charge in [-0.1, -0.05) is 45.0 Å². The number of alkyl halides is 2. The van der Waals surface area contributed by atoms with Gasteiger partial charge in [0.15, 0.2) is 11.8 Å². The SMILES string of the molecule is Cc1ncsc1-c1ccc(CNC(=O)[C@@H]2[C@H](F)[C@@H](O)CN2C(=O)[C@@H](NC(=O)C2(F)CC2)C(C)(C)C)cc1. The summed E-state index contributed by atoms with van der Waals surface area (Å²) in [4.78, 5) is 45.1. The van der Waals surface area contributed by atoms with E-state index in [0.717, 1.165) is 26.6 Å². The van der Waals surface area contributed by atoms with Crippen molar-refractivity contribution in [3.63, 3.8) is 0 Å². The fourth-order valence-electron chi connectivity index (χ4n) is 4.37. The normalized spacial score (nSPS) is 23.4. The number of amides is 3. The van der Waals surface area contributed by atoms with Gasteiger partial charge >= 0.3 is 0 Å². The van der Waals surface area contributed by atoms with E-state index in [2.05, 4.69) is 15.6 Å². The molecule has 1 aromatic heterocycles. The summed E-state index contributed by atoms with van der Waals surface area (Å²) in [6.07, 6.45) is -3.41. The van der Waals surface area contributed by atoms with Crippen LogP contribution in [0.3, 0.4) is 0 Å². The van der Waals surface area contributed by atoms with E-state index in [0.29, 0.717) is 0 Å². The van der Waals surface area contributed by atoms with Crippen molar-refractivity contribution < 1.29 is 28.3 Å². The number of carbonyl (C=O) groups excluding carboxylic acids is 3. The number of carbonyl (C=O) groups is 3. The Hall–Kier alpha value is -2.92. The number of nitrogens with zero attached hydrogens (tertiary/aromatic N) is 2. The molecular formula is C26H32F2N4O4S. The van der Waals surface area contributed by atoms with Crippen LogP contribution < -0.4 is 10.6 Å². The van der Waals surface area contributed by atoms with Crippen molar-refractivity contribution in [2.24, 2.45) is 5.41 Å². The van der Waals surface area contributed by atoms with Crippen LogP contribution in [0.1, 0.15) is 44.9 Å². The van der Waals surface area contributed by atoms with Crippen molar-refractivity contribution >= 4 is 29.1 Å². The Bertz CT molecular complexity index is 1180. The monoisotopic (exact) mass is 534 g/mol. The van der Waals surface area contributed by atoms with Gasteiger partial charge in [0, 0.05) is 6.54 Å². The van der Waals surface area contributed by atoms with Crippen molar-refractivity contribution in [3.05, 3.63) is 41.0 Å². The molecule has 1 aromatic carbocycles. The van der Waals surface area contributed by atoms with E-state index in [4.69, 9.17) is 0 Å². The zero-order valence-corrected chi connectivity index (χ0v) is 22.1. The fourth-order valence-corrected chi connectivity index (χ4v) is 5.18. The summed E-state index contributed by atoms with van der Waals surface area (Å²) in [5.74, 6) is -2.40. The number of aliphatic hydroxyl groups is 1. The second-order valence-corrected chi connectivity index (χ2v) is 11.7. The maximum absolute atomic E-state index is 15.0. The van der Waals surface area contributed by atoms with Gasteiger partial charge in [0.2, 0.25) is 11.8 Å². The zero-order valence-electron chi connectivity index (χ0n) is 21.3. The minimum absolute atomic E-state index is 0.0781. The molecule has 2 aliphatic rings. The van der Waals surface area contributed by atoms with E-state index in [-0.39, 0.29) is 19.4 Å². The molecule has 8 nitrogen and oxygen atoms in total. The molecule has 4 atom stereocenters. The van der Waals surface area contributed by atoms with Crippen LogP contribution in [0.15, 0.2) is 29.8 Å². The predicted octanol–water partition coefficient (Wildman–Crippen LogP) is 2.68. The number of aromatic nitrogens is 1. The van der Waals surface area contributed by atoms with Gasteiger partial charge in [-0.15, -0.1) is 11.3 Å². The number of likely N-dealkylation sites (tertiary alicyclic amines) is 1. The summed E-state index contributed by atoms with van der Waals surface area (Å²) in [5.41, 5.74) is 1.60. The first-order valence-corrected chi connectivity index (χ1v) is 13.1. The van der Waals surface area contributed by atoms with E-state index in [1.165, 1.54) is 11.3 Å². The minimum Gasteiger partial charge on any atom is -0.388 e. The van der Waals surface area contributed by atoms with E-state index in [1.54, 1.807) is 26.3 Å². The van der Waals surface area contributed by atoms with Gasteiger partial charge in [-0.05, 0) is 36.3 Å². The largest absolute Gasteiger partial charge is 0.388 e. The lowest BCUT2D eigenvalue weighted by Crippen LogP contribution is -2.59. The van der Waals surface area contributed by atoms with E-state index in [9.17, 15) is 28.3 Å². The fraction of sp³-hybridized carbons (Fsp3) is 0.538. The van der Waals surface area contributed by atoms with Gasteiger partial charge < -0.3 is 20.6 Å². The quantitative estimate of drug-likeness (QED) is 0.506. The Morgan fingerprint density at radius 3 is 2.43 bits per heavy atom.